The molecule has 2 N–H and O–H groups in total. The molecule has 0 saturated carbocycles. The Morgan fingerprint density at radius 3 is 2.61 bits per heavy atom. The molecule has 6 heteroatoms. The molecule has 0 saturated heterocycles. The van der Waals surface area contributed by atoms with Crippen LogP contribution in [0.1, 0.15) is 30.0 Å². The third-order valence-corrected chi connectivity index (χ3v) is 5.71. The van der Waals surface area contributed by atoms with Crippen LogP contribution in [0.5, 0.6) is 0 Å². The molecule has 5 nitrogen and oxygen atoms in total. The molecule has 0 spiro atoms. The number of likely N-dealkylation sites (N-methyl/N-ethyl adjacent to an activating group) is 1. The molecule has 0 aromatic heterocycles. The topological polar surface area (TPSA) is 61.4 Å². The van der Waals surface area contributed by atoms with Crippen LogP contribution in [0.15, 0.2) is 53.4 Å². The SMILES string of the molecule is CSc1ccccc1NC(=O)CN(C)CC(=O)N[C@H]1CCCc2ccccc21. The lowest BCUT2D eigenvalue weighted by Gasteiger charge is -2.27. The third-order valence-electron chi connectivity index (χ3n) is 4.91. The lowest BCUT2D eigenvalue weighted by molar-refractivity contribution is -0.123. The highest BCUT2D eigenvalue weighted by molar-refractivity contribution is 7.98. The number of thioether (sulfide) groups is 1. The number of hydrogen-bond donors (Lipinski definition) is 2. The van der Waals surface area contributed by atoms with E-state index in [2.05, 4.69) is 22.8 Å². The number of amides is 2. The fraction of sp³-hybridized carbons (Fsp3) is 0.364. The Morgan fingerprint density at radius 2 is 1.79 bits per heavy atom. The van der Waals surface area contributed by atoms with Crippen LogP contribution in [0, 0.1) is 0 Å². The van der Waals surface area contributed by atoms with E-state index in [4.69, 9.17) is 0 Å². The molecule has 2 aromatic carbocycles. The minimum Gasteiger partial charge on any atom is -0.348 e. The largest absolute Gasteiger partial charge is 0.348 e. The summed E-state index contributed by atoms with van der Waals surface area (Å²) in [6, 6.07) is 16.1. The van der Waals surface area contributed by atoms with Gasteiger partial charge in [-0.15, -0.1) is 11.8 Å². The van der Waals surface area contributed by atoms with Crippen LogP contribution in [0.4, 0.5) is 5.69 Å². The normalized spacial score (nSPS) is 15.8. The summed E-state index contributed by atoms with van der Waals surface area (Å²) < 4.78 is 0. The second kappa shape index (κ2) is 9.75. The van der Waals surface area contributed by atoms with Gasteiger partial charge < -0.3 is 10.6 Å². The highest BCUT2D eigenvalue weighted by atomic mass is 32.2. The first-order valence-electron chi connectivity index (χ1n) is 9.55. The number of benzene rings is 2. The van der Waals surface area contributed by atoms with Gasteiger partial charge >= 0.3 is 0 Å². The van der Waals surface area contributed by atoms with Crippen LogP contribution in [0.3, 0.4) is 0 Å². The minimum absolute atomic E-state index is 0.0542. The van der Waals surface area contributed by atoms with Gasteiger partial charge in [0.25, 0.3) is 0 Å². The summed E-state index contributed by atoms with van der Waals surface area (Å²) in [4.78, 5) is 27.6. The predicted molar refractivity (Wildman–Crippen MR) is 115 cm³/mol. The van der Waals surface area contributed by atoms with Crippen molar-refractivity contribution in [1.82, 2.24) is 10.2 Å². The van der Waals surface area contributed by atoms with E-state index in [1.165, 1.54) is 11.1 Å². The van der Waals surface area contributed by atoms with Gasteiger partial charge in [0, 0.05) is 4.90 Å². The van der Waals surface area contributed by atoms with E-state index in [0.29, 0.717) is 0 Å². The first-order valence-corrected chi connectivity index (χ1v) is 10.8. The molecule has 0 unspecified atom stereocenters. The van der Waals surface area contributed by atoms with Crippen LogP contribution in [0.25, 0.3) is 0 Å². The summed E-state index contributed by atoms with van der Waals surface area (Å²) in [5.74, 6) is -0.179. The van der Waals surface area contributed by atoms with Crippen LogP contribution in [-0.2, 0) is 16.0 Å². The van der Waals surface area contributed by atoms with Crippen molar-refractivity contribution in [1.29, 1.82) is 0 Å². The van der Waals surface area contributed by atoms with Crippen molar-refractivity contribution in [2.45, 2.75) is 30.2 Å². The number of nitrogens with zero attached hydrogens (tertiary/aromatic N) is 1. The van der Waals surface area contributed by atoms with Gasteiger partial charge in [-0.25, -0.2) is 0 Å². The van der Waals surface area contributed by atoms with Crippen molar-refractivity contribution < 1.29 is 9.59 Å². The Labute approximate surface area is 170 Å². The lowest BCUT2D eigenvalue weighted by atomic mass is 9.88. The smallest absolute Gasteiger partial charge is 0.238 e. The number of anilines is 1. The van der Waals surface area contributed by atoms with Crippen LogP contribution < -0.4 is 10.6 Å². The zero-order valence-electron chi connectivity index (χ0n) is 16.4. The van der Waals surface area contributed by atoms with Gasteiger partial charge in [0.2, 0.25) is 11.8 Å². The minimum atomic E-state index is -0.125. The number of carbonyl (C=O) groups excluding carboxylic acids is 2. The maximum atomic E-state index is 12.5. The highest BCUT2D eigenvalue weighted by Crippen LogP contribution is 2.29. The van der Waals surface area contributed by atoms with Gasteiger partial charge in [0.1, 0.15) is 0 Å². The van der Waals surface area contributed by atoms with Gasteiger partial charge in [0.05, 0.1) is 24.8 Å². The van der Waals surface area contributed by atoms with E-state index >= 15 is 0 Å². The van der Waals surface area contributed by atoms with Crippen molar-refractivity contribution >= 4 is 29.3 Å². The Morgan fingerprint density at radius 1 is 1.07 bits per heavy atom. The number of aryl methyl sites for hydroxylation is 1. The molecule has 148 valence electrons. The van der Waals surface area contributed by atoms with E-state index in [1.807, 2.05) is 42.7 Å². The van der Waals surface area contributed by atoms with E-state index < -0.39 is 0 Å². The van der Waals surface area contributed by atoms with Crippen molar-refractivity contribution in [2.75, 3.05) is 31.7 Å². The van der Waals surface area contributed by atoms with E-state index in [0.717, 1.165) is 29.8 Å². The number of carbonyl (C=O) groups is 2. The number of rotatable bonds is 7. The molecule has 2 aromatic rings. The number of para-hydroxylation sites is 1. The van der Waals surface area contributed by atoms with Gasteiger partial charge in [-0.05, 0) is 55.8 Å². The van der Waals surface area contributed by atoms with Crippen molar-refractivity contribution in [3.8, 4) is 0 Å². The van der Waals surface area contributed by atoms with Gasteiger partial charge in [0.15, 0.2) is 0 Å². The first kappa shape index (κ1) is 20.4. The zero-order valence-corrected chi connectivity index (χ0v) is 17.2. The molecule has 0 heterocycles. The number of nitrogens with one attached hydrogen (secondary N) is 2. The fourth-order valence-corrected chi connectivity index (χ4v) is 4.18. The van der Waals surface area contributed by atoms with Crippen molar-refractivity contribution in [3.05, 3.63) is 59.7 Å². The van der Waals surface area contributed by atoms with Crippen LogP contribution in [-0.4, -0.2) is 43.1 Å². The predicted octanol–water partition coefficient (Wildman–Crippen LogP) is 3.47. The molecule has 28 heavy (non-hydrogen) atoms. The number of fused-ring (bicyclic) bond motifs is 1. The summed E-state index contributed by atoms with van der Waals surface area (Å²) in [7, 11) is 1.79. The molecular formula is C22H27N3O2S. The van der Waals surface area contributed by atoms with Gasteiger partial charge in [-0.1, -0.05) is 36.4 Å². The molecule has 1 atom stereocenters. The third kappa shape index (κ3) is 5.36. The summed E-state index contributed by atoms with van der Waals surface area (Å²) in [5.41, 5.74) is 3.34. The van der Waals surface area contributed by atoms with E-state index in [1.54, 1.807) is 23.7 Å². The second-order valence-corrected chi connectivity index (χ2v) is 7.98. The van der Waals surface area contributed by atoms with E-state index in [9.17, 15) is 9.59 Å². The standard InChI is InChI=1S/C22H27N3O2S/c1-25(15-22(27)24-19-11-5-6-13-20(19)28-2)14-21(26)23-18-12-7-9-16-8-3-4-10-17(16)18/h3-6,8,10-11,13,18H,7,9,12,14-15H2,1-2H3,(H,23,26)(H,24,27)/t18-/m0/s1. The first-order chi connectivity index (χ1) is 13.6. The molecule has 0 bridgehead atoms. The van der Waals surface area contributed by atoms with Gasteiger partial charge in [-0.2, -0.15) is 0 Å². The second-order valence-electron chi connectivity index (χ2n) is 7.13. The molecular weight excluding hydrogens is 370 g/mol. The maximum Gasteiger partial charge on any atom is 0.238 e. The number of hydrogen-bond acceptors (Lipinski definition) is 4. The highest BCUT2D eigenvalue weighted by Gasteiger charge is 2.22. The molecule has 1 aliphatic rings. The summed E-state index contributed by atoms with van der Waals surface area (Å²) in [6.45, 7) is 0.355. The Kier molecular flexibility index (Phi) is 7.12. The molecule has 2 amide bonds. The maximum absolute atomic E-state index is 12.5. The molecule has 1 aliphatic carbocycles. The van der Waals surface area contributed by atoms with E-state index in [-0.39, 0.29) is 30.9 Å². The Bertz CT molecular complexity index is 840. The van der Waals surface area contributed by atoms with Crippen molar-refractivity contribution in [3.63, 3.8) is 0 Å². The molecule has 0 aliphatic heterocycles. The molecule has 0 fully saturated rings. The van der Waals surface area contributed by atoms with Crippen molar-refractivity contribution in [2.24, 2.45) is 0 Å². The summed E-state index contributed by atoms with van der Waals surface area (Å²) in [6.07, 6.45) is 5.08. The van der Waals surface area contributed by atoms with Gasteiger partial charge in [-0.3, -0.25) is 14.5 Å². The fourth-order valence-electron chi connectivity index (χ4n) is 3.63. The Hall–Kier alpha value is -2.31. The average Bonchev–Trinajstić information content (AvgIpc) is 2.68. The Balaban J connectivity index is 1.50. The van der Waals surface area contributed by atoms with Crippen LogP contribution >= 0.6 is 11.8 Å². The zero-order chi connectivity index (χ0) is 19.9. The average molecular weight is 398 g/mol. The molecule has 0 radical (unpaired) electrons. The monoisotopic (exact) mass is 397 g/mol. The molecule has 3 rings (SSSR count). The summed E-state index contributed by atoms with van der Waals surface area (Å²) >= 11 is 1.59. The lowest BCUT2D eigenvalue weighted by Crippen LogP contribution is -2.40. The quantitative estimate of drug-likeness (QED) is 0.703. The summed E-state index contributed by atoms with van der Waals surface area (Å²) in [5, 5.41) is 6.06. The van der Waals surface area contributed by atoms with Crippen LogP contribution in [0.2, 0.25) is 0 Å².